The summed E-state index contributed by atoms with van der Waals surface area (Å²) in [6, 6.07) is 0. The lowest BCUT2D eigenvalue weighted by molar-refractivity contribution is 0.644. The van der Waals surface area contributed by atoms with Crippen molar-refractivity contribution >= 4 is 0 Å². The molecule has 0 aliphatic carbocycles. The Bertz CT molecular complexity index is 89.3. The Morgan fingerprint density at radius 1 is 1.40 bits per heavy atom. The molecule has 0 radical (unpaired) electrons. The van der Waals surface area contributed by atoms with Crippen molar-refractivity contribution in [3.05, 3.63) is 12.3 Å². The monoisotopic (exact) mass is 142 g/mol. The van der Waals surface area contributed by atoms with Crippen molar-refractivity contribution in [2.45, 2.75) is 20.3 Å². The second kappa shape index (κ2) is 6.62. The van der Waals surface area contributed by atoms with Gasteiger partial charge in [-0.1, -0.05) is 13.5 Å². The Morgan fingerprint density at radius 2 is 2.10 bits per heavy atom. The molecule has 0 unspecified atom stereocenters. The van der Waals surface area contributed by atoms with E-state index in [1.807, 2.05) is 6.92 Å². The van der Waals surface area contributed by atoms with Gasteiger partial charge in [-0.25, -0.2) is 0 Å². The third-order valence-corrected chi connectivity index (χ3v) is 1.21. The largest absolute Gasteiger partial charge is 0.389 e. The summed E-state index contributed by atoms with van der Waals surface area (Å²) in [5, 5.41) is 6.42. The maximum Gasteiger partial charge on any atom is 0.0155 e. The average Bonchev–Trinajstić information content (AvgIpc) is 1.87. The molecule has 0 atom stereocenters. The minimum absolute atomic E-state index is 1.03. The predicted octanol–water partition coefficient (Wildman–Crippen LogP) is 1.11. The summed E-state index contributed by atoms with van der Waals surface area (Å²) in [6.07, 6.45) is 1.17. The van der Waals surface area contributed by atoms with Crippen molar-refractivity contribution in [1.82, 2.24) is 10.6 Å². The van der Waals surface area contributed by atoms with Gasteiger partial charge in [-0.15, -0.1) is 0 Å². The second-order valence-electron chi connectivity index (χ2n) is 2.41. The zero-order valence-corrected chi connectivity index (χ0v) is 7.04. The quantitative estimate of drug-likeness (QED) is 0.543. The van der Waals surface area contributed by atoms with Gasteiger partial charge in [0, 0.05) is 12.2 Å². The van der Waals surface area contributed by atoms with E-state index in [2.05, 4.69) is 24.1 Å². The number of rotatable bonds is 6. The van der Waals surface area contributed by atoms with Gasteiger partial charge in [0.05, 0.1) is 0 Å². The van der Waals surface area contributed by atoms with Crippen molar-refractivity contribution in [2.24, 2.45) is 0 Å². The van der Waals surface area contributed by atoms with Gasteiger partial charge >= 0.3 is 0 Å². The molecule has 0 amide bonds. The minimum Gasteiger partial charge on any atom is -0.389 e. The van der Waals surface area contributed by atoms with E-state index >= 15 is 0 Å². The fourth-order valence-electron chi connectivity index (χ4n) is 0.692. The fraction of sp³-hybridized carbons (Fsp3) is 0.750. The van der Waals surface area contributed by atoms with Crippen LogP contribution in [-0.2, 0) is 0 Å². The molecule has 60 valence electrons. The van der Waals surface area contributed by atoms with Crippen LogP contribution in [0.5, 0.6) is 0 Å². The van der Waals surface area contributed by atoms with Gasteiger partial charge in [0.15, 0.2) is 0 Å². The highest BCUT2D eigenvalue weighted by Crippen LogP contribution is 1.79. The normalized spacial score (nSPS) is 9.40. The van der Waals surface area contributed by atoms with Crippen LogP contribution in [0.3, 0.4) is 0 Å². The number of allylic oxidation sites excluding steroid dienone is 1. The fourth-order valence-corrected chi connectivity index (χ4v) is 0.692. The van der Waals surface area contributed by atoms with Crippen LogP contribution in [0.4, 0.5) is 0 Å². The standard InChI is InChI=1S/C8H18N2/c1-4-9-6-5-7-10-8(2)3/h9-10H,2,4-7H2,1,3H3. The lowest BCUT2D eigenvalue weighted by Crippen LogP contribution is -2.20. The first-order chi connectivity index (χ1) is 4.77. The van der Waals surface area contributed by atoms with E-state index in [9.17, 15) is 0 Å². The summed E-state index contributed by atoms with van der Waals surface area (Å²) in [6.45, 7) is 11.0. The third kappa shape index (κ3) is 7.50. The molecule has 0 aliphatic rings. The summed E-state index contributed by atoms with van der Waals surface area (Å²) in [4.78, 5) is 0. The highest BCUT2D eigenvalue weighted by Gasteiger charge is 1.84. The number of nitrogens with one attached hydrogen (secondary N) is 2. The van der Waals surface area contributed by atoms with Gasteiger partial charge in [0.1, 0.15) is 0 Å². The van der Waals surface area contributed by atoms with Gasteiger partial charge in [-0.05, 0) is 26.4 Å². The molecule has 0 spiro atoms. The van der Waals surface area contributed by atoms with Crippen molar-refractivity contribution in [2.75, 3.05) is 19.6 Å². The lowest BCUT2D eigenvalue weighted by atomic mass is 10.4. The third-order valence-electron chi connectivity index (χ3n) is 1.21. The topological polar surface area (TPSA) is 24.1 Å². The first-order valence-electron chi connectivity index (χ1n) is 3.87. The van der Waals surface area contributed by atoms with Crippen molar-refractivity contribution in [1.29, 1.82) is 0 Å². The van der Waals surface area contributed by atoms with Crippen LogP contribution in [0.25, 0.3) is 0 Å². The highest BCUT2D eigenvalue weighted by atomic mass is 14.9. The van der Waals surface area contributed by atoms with E-state index in [0.29, 0.717) is 0 Å². The van der Waals surface area contributed by atoms with Crippen LogP contribution >= 0.6 is 0 Å². The molecular formula is C8H18N2. The van der Waals surface area contributed by atoms with Gasteiger partial charge in [0.25, 0.3) is 0 Å². The molecule has 0 aromatic heterocycles. The van der Waals surface area contributed by atoms with E-state index in [0.717, 1.165) is 25.3 Å². The molecule has 0 saturated carbocycles. The average molecular weight is 142 g/mol. The van der Waals surface area contributed by atoms with Gasteiger partial charge in [-0.2, -0.15) is 0 Å². The van der Waals surface area contributed by atoms with Crippen LogP contribution in [0.1, 0.15) is 20.3 Å². The molecule has 2 heteroatoms. The molecule has 0 aromatic rings. The van der Waals surface area contributed by atoms with Crippen LogP contribution < -0.4 is 10.6 Å². The summed E-state index contributed by atoms with van der Waals surface area (Å²) >= 11 is 0. The lowest BCUT2D eigenvalue weighted by Gasteiger charge is -2.04. The number of hydrogen-bond acceptors (Lipinski definition) is 2. The smallest absolute Gasteiger partial charge is 0.0155 e. The summed E-state index contributed by atoms with van der Waals surface area (Å²) in [5.74, 6) is 0. The Kier molecular flexibility index (Phi) is 6.29. The zero-order valence-electron chi connectivity index (χ0n) is 7.04. The first kappa shape index (κ1) is 9.50. The van der Waals surface area contributed by atoms with Crippen molar-refractivity contribution in [3.8, 4) is 0 Å². The van der Waals surface area contributed by atoms with Crippen LogP contribution in [0.2, 0.25) is 0 Å². The molecule has 0 heterocycles. The Hall–Kier alpha value is -0.500. The summed E-state index contributed by atoms with van der Waals surface area (Å²) in [5.41, 5.74) is 1.05. The van der Waals surface area contributed by atoms with Crippen molar-refractivity contribution < 1.29 is 0 Å². The van der Waals surface area contributed by atoms with E-state index < -0.39 is 0 Å². The minimum atomic E-state index is 1.03. The maximum atomic E-state index is 3.74. The maximum absolute atomic E-state index is 3.74. The summed E-state index contributed by atoms with van der Waals surface area (Å²) < 4.78 is 0. The molecular weight excluding hydrogens is 124 g/mol. The Morgan fingerprint density at radius 3 is 2.60 bits per heavy atom. The first-order valence-corrected chi connectivity index (χ1v) is 3.87. The van der Waals surface area contributed by atoms with Gasteiger partial charge in [-0.3, -0.25) is 0 Å². The van der Waals surface area contributed by atoms with E-state index in [-0.39, 0.29) is 0 Å². The molecule has 0 saturated heterocycles. The molecule has 2 nitrogen and oxygen atoms in total. The summed E-state index contributed by atoms with van der Waals surface area (Å²) in [7, 11) is 0. The van der Waals surface area contributed by atoms with Crippen LogP contribution in [0.15, 0.2) is 12.3 Å². The highest BCUT2D eigenvalue weighted by molar-refractivity contribution is 4.83. The van der Waals surface area contributed by atoms with Crippen LogP contribution in [0, 0.1) is 0 Å². The molecule has 2 N–H and O–H groups in total. The van der Waals surface area contributed by atoms with E-state index in [1.54, 1.807) is 0 Å². The SMILES string of the molecule is C=C(C)NCCCNCC. The number of hydrogen-bond donors (Lipinski definition) is 2. The molecule has 0 rings (SSSR count). The molecule has 0 aromatic carbocycles. The van der Waals surface area contributed by atoms with E-state index in [4.69, 9.17) is 0 Å². The molecule has 0 aliphatic heterocycles. The molecule has 0 fully saturated rings. The van der Waals surface area contributed by atoms with E-state index in [1.165, 1.54) is 6.42 Å². The van der Waals surface area contributed by atoms with Crippen LogP contribution in [-0.4, -0.2) is 19.6 Å². The second-order valence-corrected chi connectivity index (χ2v) is 2.41. The molecule has 0 bridgehead atoms. The van der Waals surface area contributed by atoms with Gasteiger partial charge < -0.3 is 10.6 Å². The Labute approximate surface area is 63.7 Å². The predicted molar refractivity (Wildman–Crippen MR) is 46.0 cm³/mol. The zero-order chi connectivity index (χ0) is 7.82. The van der Waals surface area contributed by atoms with Crippen molar-refractivity contribution in [3.63, 3.8) is 0 Å². The van der Waals surface area contributed by atoms with Gasteiger partial charge in [0.2, 0.25) is 0 Å². The Balaban J connectivity index is 2.84. The molecule has 10 heavy (non-hydrogen) atoms.